The number of benzene rings is 1. The van der Waals surface area contributed by atoms with Gasteiger partial charge in [-0.2, -0.15) is 0 Å². The number of alkyl halides is 5. The molecule has 0 bridgehead atoms. The summed E-state index contributed by atoms with van der Waals surface area (Å²) in [5.74, 6) is -0.707. The second-order valence-corrected chi connectivity index (χ2v) is 3.46. The van der Waals surface area contributed by atoms with E-state index >= 15 is 0 Å². The van der Waals surface area contributed by atoms with Gasteiger partial charge < -0.3 is 9.53 Å². The van der Waals surface area contributed by atoms with Crippen molar-refractivity contribution in [3.8, 4) is 5.75 Å². The largest absolute Gasteiger partial charge is 0.573 e. The molecular weight excluding hydrogens is 259 g/mol. The van der Waals surface area contributed by atoms with Crippen LogP contribution < -0.4 is 4.74 Å². The van der Waals surface area contributed by atoms with E-state index in [0.29, 0.717) is 12.4 Å². The molecule has 0 aromatic heterocycles. The van der Waals surface area contributed by atoms with E-state index in [2.05, 4.69) is 4.74 Å². The molecule has 1 aromatic carbocycles. The van der Waals surface area contributed by atoms with Gasteiger partial charge in [-0.3, -0.25) is 0 Å². The van der Waals surface area contributed by atoms with Gasteiger partial charge in [-0.25, -0.2) is 8.78 Å². The predicted octanol–water partition coefficient (Wildman–Crippen LogP) is 3.65. The monoisotopic (exact) mass is 268 g/mol. The highest BCUT2D eigenvalue weighted by atomic mass is 19.4. The maximum Gasteiger partial charge on any atom is 0.573 e. The number of aldehydes is 1. The third-order valence-corrected chi connectivity index (χ3v) is 2.03. The smallest absolute Gasteiger partial charge is 0.406 e. The fraction of sp³-hybridized carbons (Fsp3) is 0.364. The highest BCUT2D eigenvalue weighted by Crippen LogP contribution is 2.29. The van der Waals surface area contributed by atoms with E-state index in [1.165, 1.54) is 0 Å². The van der Waals surface area contributed by atoms with Crippen molar-refractivity contribution < 1.29 is 31.5 Å². The standard InChI is InChI=1S/C11H9F5O2/c12-10(13)8-4-7(2-1-3-17)5-9(6-8)18-11(14,15)16/h3-6,10H,1-2H2. The highest BCUT2D eigenvalue weighted by molar-refractivity contribution is 5.50. The lowest BCUT2D eigenvalue weighted by Gasteiger charge is -2.12. The summed E-state index contributed by atoms with van der Waals surface area (Å²) in [5, 5.41) is 0. The molecule has 0 aliphatic carbocycles. The Balaban J connectivity index is 3.01. The number of halogens is 5. The molecule has 0 saturated carbocycles. The van der Waals surface area contributed by atoms with Crippen molar-refractivity contribution in [3.63, 3.8) is 0 Å². The molecule has 100 valence electrons. The third-order valence-electron chi connectivity index (χ3n) is 2.03. The van der Waals surface area contributed by atoms with Crippen LogP contribution in [0.1, 0.15) is 24.0 Å². The fourth-order valence-electron chi connectivity index (χ4n) is 1.37. The van der Waals surface area contributed by atoms with Gasteiger partial charge in [0.25, 0.3) is 6.43 Å². The Morgan fingerprint density at radius 1 is 1.22 bits per heavy atom. The van der Waals surface area contributed by atoms with Crippen molar-refractivity contribution >= 4 is 6.29 Å². The zero-order valence-corrected chi connectivity index (χ0v) is 9.01. The molecular formula is C11H9F5O2. The van der Waals surface area contributed by atoms with Crippen LogP contribution in [0.3, 0.4) is 0 Å². The van der Waals surface area contributed by atoms with Gasteiger partial charge in [0, 0.05) is 12.0 Å². The van der Waals surface area contributed by atoms with E-state index in [1.54, 1.807) is 0 Å². The molecule has 7 heteroatoms. The number of hydrogen-bond donors (Lipinski definition) is 0. The number of rotatable bonds is 5. The summed E-state index contributed by atoms with van der Waals surface area (Å²) in [4.78, 5) is 10.2. The summed E-state index contributed by atoms with van der Waals surface area (Å²) in [7, 11) is 0. The molecule has 0 unspecified atom stereocenters. The van der Waals surface area contributed by atoms with Gasteiger partial charge >= 0.3 is 6.36 Å². The van der Waals surface area contributed by atoms with Gasteiger partial charge in [-0.05, 0) is 30.2 Å². The van der Waals surface area contributed by atoms with E-state index in [1.807, 2.05) is 0 Å². The lowest BCUT2D eigenvalue weighted by Crippen LogP contribution is -2.17. The van der Waals surface area contributed by atoms with Crippen LogP contribution in [-0.2, 0) is 11.2 Å². The van der Waals surface area contributed by atoms with Crippen LogP contribution in [0, 0.1) is 0 Å². The molecule has 0 aliphatic heterocycles. The summed E-state index contributed by atoms with van der Waals surface area (Å²) < 4.78 is 64.5. The summed E-state index contributed by atoms with van der Waals surface area (Å²) in [6.07, 6.45) is -7.17. The molecule has 2 nitrogen and oxygen atoms in total. The summed E-state index contributed by atoms with van der Waals surface area (Å²) >= 11 is 0. The quantitative estimate of drug-likeness (QED) is 0.601. The minimum absolute atomic E-state index is 0.0398. The van der Waals surface area contributed by atoms with Crippen molar-refractivity contribution in [1.82, 2.24) is 0 Å². The minimum Gasteiger partial charge on any atom is -0.406 e. The van der Waals surface area contributed by atoms with Crippen LogP contribution in [-0.4, -0.2) is 12.6 Å². The molecule has 0 aliphatic rings. The molecule has 0 saturated heterocycles. The molecule has 0 heterocycles. The van der Waals surface area contributed by atoms with Crippen LogP contribution in [0.5, 0.6) is 5.75 Å². The third kappa shape index (κ3) is 4.68. The van der Waals surface area contributed by atoms with Crippen molar-refractivity contribution in [3.05, 3.63) is 29.3 Å². The Morgan fingerprint density at radius 3 is 2.39 bits per heavy atom. The van der Waals surface area contributed by atoms with Crippen LogP contribution in [0.25, 0.3) is 0 Å². The van der Waals surface area contributed by atoms with Gasteiger partial charge in [0.15, 0.2) is 0 Å². The maximum atomic E-state index is 12.5. The molecule has 0 fully saturated rings. The second-order valence-electron chi connectivity index (χ2n) is 3.46. The van der Waals surface area contributed by atoms with Gasteiger partial charge in [0.05, 0.1) is 0 Å². The Bertz CT molecular complexity index is 414. The number of ether oxygens (including phenoxy) is 1. The van der Waals surface area contributed by atoms with Gasteiger partial charge in [0.1, 0.15) is 12.0 Å². The number of hydrogen-bond acceptors (Lipinski definition) is 2. The van der Waals surface area contributed by atoms with E-state index in [4.69, 9.17) is 0 Å². The van der Waals surface area contributed by atoms with E-state index in [-0.39, 0.29) is 18.4 Å². The Labute approximate surface area is 99.4 Å². The maximum absolute atomic E-state index is 12.5. The van der Waals surface area contributed by atoms with Crippen LogP contribution in [0.2, 0.25) is 0 Å². The molecule has 0 radical (unpaired) electrons. The van der Waals surface area contributed by atoms with Crippen molar-refractivity contribution in [2.45, 2.75) is 25.6 Å². The highest BCUT2D eigenvalue weighted by Gasteiger charge is 2.31. The van der Waals surface area contributed by atoms with Crippen LogP contribution in [0.15, 0.2) is 18.2 Å². The van der Waals surface area contributed by atoms with Gasteiger partial charge in [-0.1, -0.05) is 0 Å². The second kappa shape index (κ2) is 5.79. The zero-order chi connectivity index (χ0) is 13.8. The Kier molecular flexibility index (Phi) is 4.63. The van der Waals surface area contributed by atoms with Crippen LogP contribution >= 0.6 is 0 Å². The first-order valence-corrected chi connectivity index (χ1v) is 4.93. The molecule has 18 heavy (non-hydrogen) atoms. The SMILES string of the molecule is O=CCCc1cc(OC(F)(F)F)cc(C(F)F)c1. The zero-order valence-electron chi connectivity index (χ0n) is 9.01. The Morgan fingerprint density at radius 2 is 1.89 bits per heavy atom. The Hall–Kier alpha value is -1.66. The van der Waals surface area contributed by atoms with Gasteiger partial charge in [-0.15, -0.1) is 13.2 Å². The van der Waals surface area contributed by atoms with Crippen molar-refractivity contribution in [2.75, 3.05) is 0 Å². The lowest BCUT2D eigenvalue weighted by molar-refractivity contribution is -0.274. The topological polar surface area (TPSA) is 26.3 Å². The summed E-state index contributed by atoms with van der Waals surface area (Å²) in [6.45, 7) is 0. The van der Waals surface area contributed by atoms with Gasteiger partial charge in [0.2, 0.25) is 0 Å². The molecule has 1 rings (SSSR count). The van der Waals surface area contributed by atoms with Crippen molar-refractivity contribution in [1.29, 1.82) is 0 Å². The number of carbonyl (C=O) groups is 1. The number of aryl methyl sites for hydroxylation is 1. The normalized spacial score (nSPS) is 11.7. The van der Waals surface area contributed by atoms with Crippen LogP contribution in [0.4, 0.5) is 22.0 Å². The van der Waals surface area contributed by atoms with Crippen molar-refractivity contribution in [2.24, 2.45) is 0 Å². The first-order valence-electron chi connectivity index (χ1n) is 4.93. The summed E-state index contributed by atoms with van der Waals surface area (Å²) in [5.41, 5.74) is -0.378. The molecule has 0 amide bonds. The lowest BCUT2D eigenvalue weighted by atomic mass is 10.1. The van der Waals surface area contributed by atoms with E-state index in [0.717, 1.165) is 12.1 Å². The molecule has 0 atom stereocenters. The first-order chi connectivity index (χ1) is 8.31. The average Bonchev–Trinajstić information content (AvgIpc) is 2.23. The minimum atomic E-state index is -4.94. The average molecular weight is 268 g/mol. The molecule has 0 spiro atoms. The first kappa shape index (κ1) is 14.4. The van der Waals surface area contributed by atoms with E-state index in [9.17, 15) is 26.7 Å². The predicted molar refractivity (Wildman–Crippen MR) is 52.5 cm³/mol. The van der Waals surface area contributed by atoms with E-state index < -0.39 is 24.1 Å². The summed E-state index contributed by atoms with van der Waals surface area (Å²) in [6, 6.07) is 2.67. The fourth-order valence-corrected chi connectivity index (χ4v) is 1.37. The molecule has 1 aromatic rings. The molecule has 0 N–H and O–H groups in total. The number of carbonyl (C=O) groups excluding carboxylic acids is 1.